The monoisotopic (exact) mass is 492 g/mol. The van der Waals surface area contributed by atoms with E-state index in [0.29, 0.717) is 23.8 Å². The van der Waals surface area contributed by atoms with E-state index in [1.807, 2.05) is 27.7 Å². The first kappa shape index (κ1) is 27.8. The molecule has 1 aliphatic rings. The molecule has 1 aliphatic carbocycles. The lowest BCUT2D eigenvalue weighted by Gasteiger charge is -2.35. The van der Waals surface area contributed by atoms with Gasteiger partial charge in [-0.25, -0.2) is 4.79 Å². The van der Waals surface area contributed by atoms with Gasteiger partial charge >= 0.3 is 5.97 Å². The number of benzene rings is 2. The Labute approximate surface area is 218 Å². The smallest absolute Gasteiger partial charge is 0.333 e. The van der Waals surface area contributed by atoms with Crippen LogP contribution in [-0.4, -0.2) is 23.3 Å². The van der Waals surface area contributed by atoms with Crippen LogP contribution in [0.4, 0.5) is 0 Å². The predicted molar refractivity (Wildman–Crippen MR) is 147 cm³/mol. The molecule has 3 rings (SSSR count). The number of hydrogen-bond donors (Lipinski definition) is 0. The highest BCUT2D eigenvalue weighted by molar-refractivity contribution is 5.87. The van der Waals surface area contributed by atoms with E-state index in [-0.39, 0.29) is 12.1 Å². The van der Waals surface area contributed by atoms with E-state index in [0.717, 1.165) is 11.5 Å². The summed E-state index contributed by atoms with van der Waals surface area (Å²) in [7, 11) is 0. The molecule has 0 N–H and O–H groups in total. The molecule has 36 heavy (non-hydrogen) atoms. The fourth-order valence-electron chi connectivity index (χ4n) is 5.41. The van der Waals surface area contributed by atoms with Gasteiger partial charge in [-0.2, -0.15) is 0 Å². The van der Waals surface area contributed by atoms with Crippen molar-refractivity contribution in [3.8, 4) is 11.5 Å². The van der Waals surface area contributed by atoms with Crippen molar-refractivity contribution in [1.29, 1.82) is 0 Å². The molecule has 0 bridgehead atoms. The molecule has 0 atom stereocenters. The number of carbonyl (C=O) groups is 1. The molecule has 0 radical (unpaired) electrons. The maximum atomic E-state index is 12.0. The maximum absolute atomic E-state index is 12.0. The van der Waals surface area contributed by atoms with Crippen molar-refractivity contribution >= 4 is 5.97 Å². The summed E-state index contributed by atoms with van der Waals surface area (Å²) in [6.45, 7) is 17.3. The Morgan fingerprint density at radius 3 is 1.69 bits per heavy atom. The molecule has 0 aromatic heterocycles. The molecular weight excluding hydrogens is 448 g/mol. The van der Waals surface area contributed by atoms with Crippen molar-refractivity contribution in [1.82, 2.24) is 0 Å². The normalized spacial score (nSPS) is 18.6. The van der Waals surface area contributed by atoms with Crippen molar-refractivity contribution < 1.29 is 19.0 Å². The zero-order valence-corrected chi connectivity index (χ0v) is 23.2. The lowest BCUT2D eigenvalue weighted by Crippen LogP contribution is -2.40. The number of hydrogen-bond acceptors (Lipinski definition) is 4. The summed E-state index contributed by atoms with van der Waals surface area (Å²) in [5.74, 6) is 2.63. The van der Waals surface area contributed by atoms with E-state index in [4.69, 9.17) is 14.2 Å². The first-order valence-corrected chi connectivity index (χ1v) is 13.3. The van der Waals surface area contributed by atoms with Crippen LogP contribution < -0.4 is 9.47 Å². The summed E-state index contributed by atoms with van der Waals surface area (Å²) in [5, 5.41) is 0. The molecule has 0 aliphatic heterocycles. The summed E-state index contributed by atoms with van der Waals surface area (Å²) in [6, 6.07) is 17.2. The summed E-state index contributed by atoms with van der Waals surface area (Å²) < 4.78 is 17.7. The minimum atomic E-state index is -0.653. The molecule has 4 heteroatoms. The van der Waals surface area contributed by atoms with Gasteiger partial charge in [0.1, 0.15) is 22.7 Å². The van der Waals surface area contributed by atoms with E-state index >= 15 is 0 Å². The standard InChI is InChI=1S/C32H44O4/c1-22(2)30(33)36-32(7,8)21-31(5,6)35-29-19-15-27(16-20-29)25-11-9-24(10-12-25)26-13-17-28(18-14-26)34-23(3)4/h13-20,23-25H,1,9-12,21H2,2-8H3. The molecule has 0 saturated heterocycles. The Hall–Kier alpha value is -2.75. The Balaban J connectivity index is 1.53. The Morgan fingerprint density at radius 1 is 0.833 bits per heavy atom. The van der Waals surface area contributed by atoms with Gasteiger partial charge in [-0.15, -0.1) is 0 Å². The molecule has 1 fully saturated rings. The average molecular weight is 493 g/mol. The van der Waals surface area contributed by atoms with Gasteiger partial charge in [-0.1, -0.05) is 30.8 Å². The second-order valence-electron chi connectivity index (χ2n) is 11.8. The minimum Gasteiger partial charge on any atom is -0.491 e. The lowest BCUT2D eigenvalue weighted by molar-refractivity contribution is -0.155. The molecular formula is C32H44O4. The molecule has 196 valence electrons. The third-order valence-corrected chi connectivity index (χ3v) is 6.77. The highest BCUT2D eigenvalue weighted by Crippen LogP contribution is 2.41. The summed E-state index contributed by atoms with van der Waals surface area (Å²) in [5.41, 5.74) is 2.07. The van der Waals surface area contributed by atoms with Gasteiger partial charge < -0.3 is 14.2 Å². The van der Waals surface area contributed by atoms with Crippen LogP contribution in [0.15, 0.2) is 60.7 Å². The highest BCUT2D eigenvalue weighted by Gasteiger charge is 2.34. The number of ether oxygens (including phenoxy) is 3. The van der Waals surface area contributed by atoms with E-state index in [9.17, 15) is 4.79 Å². The van der Waals surface area contributed by atoms with Crippen LogP contribution in [0.5, 0.6) is 11.5 Å². The molecule has 1 saturated carbocycles. The summed E-state index contributed by atoms with van der Waals surface area (Å²) >= 11 is 0. The second-order valence-corrected chi connectivity index (χ2v) is 11.8. The molecule has 0 unspecified atom stereocenters. The van der Waals surface area contributed by atoms with Crippen LogP contribution in [0.3, 0.4) is 0 Å². The van der Waals surface area contributed by atoms with Crippen LogP contribution in [0.25, 0.3) is 0 Å². The fourth-order valence-corrected chi connectivity index (χ4v) is 5.41. The first-order chi connectivity index (χ1) is 16.8. The number of esters is 1. The van der Waals surface area contributed by atoms with Crippen LogP contribution >= 0.6 is 0 Å². The topological polar surface area (TPSA) is 44.8 Å². The number of rotatable bonds is 10. The lowest BCUT2D eigenvalue weighted by atomic mass is 9.76. The second kappa shape index (κ2) is 11.5. The van der Waals surface area contributed by atoms with Crippen molar-refractivity contribution in [2.75, 3.05) is 0 Å². The quantitative estimate of drug-likeness (QED) is 0.247. The summed E-state index contributed by atoms with van der Waals surface area (Å²) in [4.78, 5) is 12.0. The van der Waals surface area contributed by atoms with Crippen LogP contribution in [0, 0.1) is 0 Å². The van der Waals surface area contributed by atoms with Gasteiger partial charge in [0.2, 0.25) is 0 Å². The zero-order valence-electron chi connectivity index (χ0n) is 23.2. The van der Waals surface area contributed by atoms with E-state index < -0.39 is 11.2 Å². The maximum Gasteiger partial charge on any atom is 0.333 e. The third-order valence-electron chi connectivity index (χ3n) is 6.77. The van der Waals surface area contributed by atoms with Crippen molar-refractivity contribution in [2.24, 2.45) is 0 Å². The van der Waals surface area contributed by atoms with Gasteiger partial charge in [0.15, 0.2) is 0 Å². The molecule has 0 heterocycles. The van der Waals surface area contributed by atoms with Gasteiger partial charge in [-0.05, 0) is 121 Å². The summed E-state index contributed by atoms with van der Waals surface area (Å²) in [6.07, 6.45) is 5.57. The van der Waals surface area contributed by atoms with E-state index in [1.54, 1.807) is 6.92 Å². The SMILES string of the molecule is C=C(C)C(=O)OC(C)(C)CC(C)(C)Oc1ccc(C2CCC(c3ccc(OC(C)C)cc3)CC2)cc1. The van der Waals surface area contributed by atoms with E-state index in [2.05, 4.69) is 69.0 Å². The molecule has 2 aromatic rings. The average Bonchev–Trinajstić information content (AvgIpc) is 2.78. The van der Waals surface area contributed by atoms with Gasteiger partial charge in [-0.3, -0.25) is 0 Å². The molecule has 4 nitrogen and oxygen atoms in total. The Kier molecular flexibility index (Phi) is 8.92. The largest absolute Gasteiger partial charge is 0.491 e. The zero-order chi connectivity index (χ0) is 26.5. The molecule has 0 spiro atoms. The van der Waals surface area contributed by atoms with Crippen molar-refractivity contribution in [3.63, 3.8) is 0 Å². The third kappa shape index (κ3) is 8.15. The fraction of sp³-hybridized carbons (Fsp3) is 0.531. The Bertz CT molecular complexity index is 1010. The number of carbonyl (C=O) groups excluding carboxylic acids is 1. The van der Waals surface area contributed by atoms with Crippen LogP contribution in [0.2, 0.25) is 0 Å². The Morgan fingerprint density at radius 2 is 1.28 bits per heavy atom. The van der Waals surface area contributed by atoms with Gasteiger partial charge in [0.05, 0.1) is 6.10 Å². The van der Waals surface area contributed by atoms with E-state index in [1.165, 1.54) is 36.8 Å². The van der Waals surface area contributed by atoms with Crippen molar-refractivity contribution in [3.05, 3.63) is 71.8 Å². The molecule has 0 amide bonds. The van der Waals surface area contributed by atoms with Crippen LogP contribution in [-0.2, 0) is 9.53 Å². The van der Waals surface area contributed by atoms with Crippen LogP contribution in [0.1, 0.15) is 104 Å². The predicted octanol–water partition coefficient (Wildman–Crippen LogP) is 8.36. The highest BCUT2D eigenvalue weighted by atomic mass is 16.6. The minimum absolute atomic E-state index is 0.201. The van der Waals surface area contributed by atoms with Gasteiger partial charge in [0, 0.05) is 12.0 Å². The van der Waals surface area contributed by atoms with Gasteiger partial charge in [0.25, 0.3) is 0 Å². The van der Waals surface area contributed by atoms with Crippen molar-refractivity contribution in [2.45, 2.75) is 110 Å². The molecule has 2 aromatic carbocycles. The first-order valence-electron chi connectivity index (χ1n) is 13.3.